The van der Waals surface area contributed by atoms with Gasteiger partial charge in [0.15, 0.2) is 12.3 Å². The molecule has 2 fully saturated rings. The zero-order valence-corrected chi connectivity index (χ0v) is 11.3. The van der Waals surface area contributed by atoms with Crippen molar-refractivity contribution >= 4 is 11.9 Å². The molecule has 7 heteroatoms. The van der Waals surface area contributed by atoms with Gasteiger partial charge in [0.25, 0.3) is 0 Å². The summed E-state index contributed by atoms with van der Waals surface area (Å²) in [5.74, 6) is -1.22. The molecule has 0 aromatic rings. The van der Waals surface area contributed by atoms with Crippen molar-refractivity contribution < 1.29 is 77.4 Å². The van der Waals surface area contributed by atoms with Gasteiger partial charge in [0.1, 0.15) is 5.76 Å². The summed E-state index contributed by atoms with van der Waals surface area (Å²) in [7, 11) is 0. The molecule has 78 valence electrons. The van der Waals surface area contributed by atoms with E-state index >= 15 is 0 Å². The molecule has 0 aliphatic carbocycles. The van der Waals surface area contributed by atoms with Crippen LogP contribution in [0.2, 0.25) is 0 Å². The minimum atomic E-state index is -1.14. The molecular formula is C8H10KNO5. The van der Waals surface area contributed by atoms with Crippen LogP contribution in [0, 0.1) is 0 Å². The molecular weight excluding hydrogens is 229 g/mol. The smallest absolute Gasteiger partial charge is 1.00 e. The zero-order chi connectivity index (χ0) is 10.3. The number of fused-ring (bicyclic) bond motifs is 1. The van der Waals surface area contributed by atoms with Crippen LogP contribution in [0.4, 0.5) is 0 Å². The number of aliphatic hydroxyl groups is 1. The standard InChI is InChI=1S/C8H9NO5.K.H/c10-2-1-4-7(8(12)13)9-5(11)3-6(9)14-4;;/h1,6-7,10H,2-3H2,(H,12,13);;/q;+1;-1/t6-,7-;;/m1../s1. The van der Waals surface area contributed by atoms with Crippen LogP contribution in [0.1, 0.15) is 7.85 Å². The Balaban J connectivity index is 0.00000112. The van der Waals surface area contributed by atoms with Crippen LogP contribution in [-0.2, 0) is 14.3 Å². The van der Waals surface area contributed by atoms with Gasteiger partial charge < -0.3 is 16.4 Å². The zero-order valence-electron chi connectivity index (χ0n) is 9.21. The molecule has 2 aliphatic rings. The predicted molar refractivity (Wildman–Crippen MR) is 44.0 cm³/mol. The molecule has 2 aliphatic heterocycles. The minimum absolute atomic E-state index is 0. The van der Waals surface area contributed by atoms with Crippen molar-refractivity contribution in [1.82, 2.24) is 4.90 Å². The Morgan fingerprint density at radius 1 is 1.73 bits per heavy atom. The first kappa shape index (κ1) is 13.1. The van der Waals surface area contributed by atoms with Crippen molar-refractivity contribution in [3.63, 3.8) is 0 Å². The van der Waals surface area contributed by atoms with Gasteiger partial charge in [-0.05, 0) is 6.08 Å². The number of hydrogen-bond acceptors (Lipinski definition) is 4. The van der Waals surface area contributed by atoms with Gasteiger partial charge in [-0.2, -0.15) is 0 Å². The summed E-state index contributed by atoms with van der Waals surface area (Å²) in [6.07, 6.45) is 1.03. The van der Waals surface area contributed by atoms with E-state index in [4.69, 9.17) is 14.9 Å². The Bertz CT molecular complexity index is 334. The van der Waals surface area contributed by atoms with Crippen molar-refractivity contribution in [2.75, 3.05) is 6.61 Å². The second-order valence-electron chi connectivity index (χ2n) is 3.11. The Morgan fingerprint density at radius 3 is 2.87 bits per heavy atom. The number of rotatable bonds is 2. The van der Waals surface area contributed by atoms with Gasteiger partial charge in [-0.15, -0.1) is 0 Å². The number of aliphatic carboxylic acids is 1. The molecule has 0 aromatic heterocycles. The van der Waals surface area contributed by atoms with Gasteiger partial charge in [-0.25, -0.2) is 4.79 Å². The van der Waals surface area contributed by atoms with E-state index < -0.39 is 18.2 Å². The van der Waals surface area contributed by atoms with E-state index in [9.17, 15) is 9.59 Å². The SMILES string of the molecule is O=C(O)[C@H]1C(=CCO)O[C@@H]2CC(=O)N12.[H-].[K+]. The fourth-order valence-corrected chi connectivity index (χ4v) is 1.66. The van der Waals surface area contributed by atoms with E-state index in [1.165, 1.54) is 11.0 Å². The average molecular weight is 239 g/mol. The number of carboxylic acid groups (broad SMARTS) is 1. The number of aliphatic hydroxyl groups excluding tert-OH is 1. The molecule has 0 saturated carbocycles. The molecule has 15 heavy (non-hydrogen) atoms. The molecule has 0 unspecified atom stereocenters. The number of ether oxygens (including phenoxy) is 1. The molecule has 2 atom stereocenters. The van der Waals surface area contributed by atoms with Crippen LogP contribution in [-0.4, -0.2) is 45.9 Å². The number of carbonyl (C=O) groups excluding carboxylic acids is 1. The number of amides is 1. The third kappa shape index (κ3) is 2.13. The maximum atomic E-state index is 11.1. The fraction of sp³-hybridized carbons (Fsp3) is 0.500. The second-order valence-corrected chi connectivity index (χ2v) is 3.11. The van der Waals surface area contributed by atoms with Gasteiger partial charge in [-0.3, -0.25) is 9.69 Å². The first-order valence-electron chi connectivity index (χ1n) is 4.16. The van der Waals surface area contributed by atoms with Crippen molar-refractivity contribution in [3.8, 4) is 0 Å². The summed E-state index contributed by atoms with van der Waals surface area (Å²) < 4.78 is 5.17. The number of carbonyl (C=O) groups is 2. The van der Waals surface area contributed by atoms with Crippen molar-refractivity contribution in [2.24, 2.45) is 0 Å². The quantitative estimate of drug-likeness (QED) is 0.379. The maximum absolute atomic E-state index is 11.1. The van der Waals surface area contributed by atoms with Crippen LogP contribution in [0.5, 0.6) is 0 Å². The Labute approximate surface area is 130 Å². The van der Waals surface area contributed by atoms with Crippen molar-refractivity contribution in [2.45, 2.75) is 18.7 Å². The van der Waals surface area contributed by atoms with Crippen molar-refractivity contribution in [1.29, 1.82) is 0 Å². The normalized spacial score (nSPS) is 30.3. The maximum Gasteiger partial charge on any atom is 1.00 e. The third-order valence-corrected chi connectivity index (χ3v) is 2.29. The predicted octanol–water partition coefficient (Wildman–Crippen LogP) is -3.98. The molecule has 6 nitrogen and oxygen atoms in total. The monoisotopic (exact) mass is 239 g/mol. The average Bonchev–Trinajstić information content (AvgIpc) is 2.39. The van der Waals surface area contributed by atoms with Gasteiger partial charge >= 0.3 is 57.4 Å². The second kappa shape index (κ2) is 4.94. The molecule has 2 saturated heterocycles. The van der Waals surface area contributed by atoms with E-state index in [2.05, 4.69) is 0 Å². The topological polar surface area (TPSA) is 87.1 Å². The number of nitrogens with zero attached hydrogens (tertiary/aromatic N) is 1. The van der Waals surface area contributed by atoms with E-state index in [0.717, 1.165) is 0 Å². The Kier molecular flexibility index (Phi) is 4.33. The Morgan fingerprint density at radius 2 is 2.40 bits per heavy atom. The van der Waals surface area contributed by atoms with E-state index in [0.29, 0.717) is 0 Å². The first-order valence-corrected chi connectivity index (χ1v) is 4.16. The number of hydrogen-bond donors (Lipinski definition) is 2. The van der Waals surface area contributed by atoms with Crippen LogP contribution in [0.3, 0.4) is 0 Å². The molecule has 2 rings (SSSR count). The Hall–Kier alpha value is 0.0764. The number of carboxylic acids is 1. The van der Waals surface area contributed by atoms with E-state index in [-0.39, 0.29) is 77.5 Å². The molecule has 0 spiro atoms. The molecule has 0 aromatic carbocycles. The first-order chi connectivity index (χ1) is 6.65. The molecule has 2 heterocycles. The summed E-state index contributed by atoms with van der Waals surface area (Å²) >= 11 is 0. The number of β-lactam (4-membered cyclic amide) rings is 1. The van der Waals surface area contributed by atoms with E-state index in [1.54, 1.807) is 0 Å². The van der Waals surface area contributed by atoms with Gasteiger partial charge in [0, 0.05) is 0 Å². The van der Waals surface area contributed by atoms with E-state index in [1.807, 2.05) is 0 Å². The van der Waals surface area contributed by atoms with Crippen LogP contribution >= 0.6 is 0 Å². The fourth-order valence-electron chi connectivity index (χ4n) is 1.66. The largest absolute Gasteiger partial charge is 1.00 e. The molecule has 0 radical (unpaired) electrons. The summed E-state index contributed by atoms with van der Waals surface area (Å²) in [5, 5.41) is 17.5. The van der Waals surface area contributed by atoms with Gasteiger partial charge in [0.2, 0.25) is 5.91 Å². The summed E-state index contributed by atoms with van der Waals surface area (Å²) in [5.41, 5.74) is 0. The third-order valence-electron chi connectivity index (χ3n) is 2.29. The van der Waals surface area contributed by atoms with Crippen LogP contribution < -0.4 is 51.4 Å². The molecule has 2 N–H and O–H groups in total. The van der Waals surface area contributed by atoms with Crippen LogP contribution in [0.15, 0.2) is 11.8 Å². The van der Waals surface area contributed by atoms with Crippen LogP contribution in [0.25, 0.3) is 0 Å². The van der Waals surface area contributed by atoms with Crippen molar-refractivity contribution in [3.05, 3.63) is 11.8 Å². The molecule has 0 bridgehead atoms. The summed E-state index contributed by atoms with van der Waals surface area (Å²) in [4.78, 5) is 23.1. The molecule has 1 amide bonds. The minimum Gasteiger partial charge on any atom is -1.00 e. The van der Waals surface area contributed by atoms with Gasteiger partial charge in [0.05, 0.1) is 13.0 Å². The summed E-state index contributed by atoms with van der Waals surface area (Å²) in [6, 6.07) is -1.06. The summed E-state index contributed by atoms with van der Waals surface area (Å²) in [6.45, 7) is -0.298. The van der Waals surface area contributed by atoms with Gasteiger partial charge in [-0.1, -0.05) is 0 Å².